The van der Waals surface area contributed by atoms with Crippen LogP contribution in [0.1, 0.15) is 27.7 Å². The summed E-state index contributed by atoms with van der Waals surface area (Å²) in [5.74, 6) is 0. The van der Waals surface area contributed by atoms with Crippen LogP contribution >= 0.6 is 0 Å². The van der Waals surface area contributed by atoms with Gasteiger partial charge in [-0.3, -0.25) is 0 Å². The Bertz CT molecular complexity index is 154. The quantitative estimate of drug-likeness (QED) is 0.505. The third-order valence-electron chi connectivity index (χ3n) is 1.67. The molecule has 0 rings (SSSR count). The molecular formula is C11H22NTi. The summed E-state index contributed by atoms with van der Waals surface area (Å²) in [4.78, 5) is 2.19. The van der Waals surface area contributed by atoms with Crippen molar-refractivity contribution in [3.8, 4) is 0 Å². The van der Waals surface area contributed by atoms with Gasteiger partial charge in [0.25, 0.3) is 0 Å². The van der Waals surface area contributed by atoms with Crippen LogP contribution in [0.3, 0.4) is 0 Å². The van der Waals surface area contributed by atoms with Gasteiger partial charge in [0.1, 0.15) is 0 Å². The van der Waals surface area contributed by atoms with Crippen LogP contribution in [-0.4, -0.2) is 17.5 Å². The molecule has 0 aliphatic rings. The zero-order valence-electron chi connectivity index (χ0n) is 9.76. The van der Waals surface area contributed by atoms with Gasteiger partial charge in [-0.25, -0.2) is 0 Å². The minimum atomic E-state index is 0.220. The molecule has 0 amide bonds. The molecule has 13 heavy (non-hydrogen) atoms. The van der Waals surface area contributed by atoms with Gasteiger partial charge in [-0.15, -0.1) is 0 Å². The molecule has 2 heteroatoms. The first-order chi connectivity index (χ1) is 5.98. The van der Waals surface area contributed by atoms with Crippen molar-refractivity contribution in [3.63, 3.8) is 0 Å². The Hall–Kier alpha value is -0.00571. The fraction of sp³-hybridized carbons (Fsp3) is 0.636. The summed E-state index contributed by atoms with van der Waals surface area (Å²) in [5, 5.41) is 2.00. The zero-order chi connectivity index (χ0) is 10.9. The standard InChI is InChI=1S/C10H19N.CH3.Ti/c1-6-7-8-9-11(5)10(2,3)4;;/h6-9H,1-5H3;1H3;. The van der Waals surface area contributed by atoms with Gasteiger partial charge in [-0.1, -0.05) is 12.2 Å². The second-order valence-electron chi connectivity index (χ2n) is 3.65. The Morgan fingerprint density at radius 3 is 1.85 bits per heavy atom. The van der Waals surface area contributed by atoms with Crippen molar-refractivity contribution in [2.45, 2.75) is 38.5 Å². The molecule has 0 radical (unpaired) electrons. The summed E-state index contributed by atoms with van der Waals surface area (Å²) in [5.41, 5.74) is 0.220. The molecule has 0 aromatic heterocycles. The number of hydrogen-bond acceptors (Lipinski definition) is 1. The molecule has 0 unspecified atom stereocenters. The van der Waals surface area contributed by atoms with E-state index in [1.807, 2.05) is 50.8 Å². The summed E-state index contributed by atoms with van der Waals surface area (Å²) in [6.07, 6.45) is 8.18. The Morgan fingerprint density at radius 2 is 1.54 bits per heavy atom. The molecular weight excluding hydrogens is 194 g/mol. The Labute approximate surface area is 95.3 Å². The second-order valence-corrected chi connectivity index (χ2v) is 3.65. The Kier molecular flexibility index (Phi) is 10.2. The first kappa shape index (κ1) is 15.5. The maximum absolute atomic E-state index is 2.19. The summed E-state index contributed by atoms with van der Waals surface area (Å²) < 4.78 is 0. The van der Waals surface area contributed by atoms with Crippen molar-refractivity contribution in [1.29, 1.82) is 0 Å². The molecule has 0 heterocycles. The van der Waals surface area contributed by atoms with Gasteiger partial charge in [0, 0.05) is 12.6 Å². The number of allylic oxidation sites excluding steroid dienone is 3. The van der Waals surface area contributed by atoms with Gasteiger partial charge < -0.3 is 4.90 Å². The van der Waals surface area contributed by atoms with Crippen molar-refractivity contribution in [1.82, 2.24) is 4.90 Å². The Morgan fingerprint density at radius 1 is 1.08 bits per heavy atom. The second kappa shape index (κ2) is 8.59. The van der Waals surface area contributed by atoms with Gasteiger partial charge in [-0.2, -0.15) is 0 Å². The van der Waals surface area contributed by atoms with E-state index in [9.17, 15) is 0 Å². The third kappa shape index (κ3) is 9.91. The molecule has 1 nitrogen and oxygen atoms in total. The molecule has 0 aliphatic carbocycles. The topological polar surface area (TPSA) is 3.24 Å². The molecule has 0 aromatic rings. The summed E-state index contributed by atoms with van der Waals surface area (Å²) >= 11 is 2.00. The van der Waals surface area contributed by atoms with Crippen LogP contribution in [0.15, 0.2) is 24.4 Å². The zero-order valence-corrected chi connectivity index (χ0v) is 11.3. The van der Waals surface area contributed by atoms with Crippen LogP contribution < -0.4 is 0 Å². The van der Waals surface area contributed by atoms with Crippen molar-refractivity contribution in [2.75, 3.05) is 7.05 Å². The van der Waals surface area contributed by atoms with E-state index in [2.05, 4.69) is 38.9 Å². The van der Waals surface area contributed by atoms with Crippen LogP contribution in [0.2, 0.25) is 5.23 Å². The van der Waals surface area contributed by atoms with Gasteiger partial charge in [0.15, 0.2) is 0 Å². The van der Waals surface area contributed by atoms with E-state index < -0.39 is 0 Å². The van der Waals surface area contributed by atoms with Gasteiger partial charge in [-0.05, 0) is 40.0 Å². The monoisotopic (exact) mass is 216 g/mol. The van der Waals surface area contributed by atoms with Gasteiger partial charge in [0.2, 0.25) is 0 Å². The number of rotatable bonds is 2. The van der Waals surface area contributed by atoms with E-state index in [0.717, 1.165) is 0 Å². The molecule has 0 saturated heterocycles. The molecule has 0 bridgehead atoms. The van der Waals surface area contributed by atoms with Crippen molar-refractivity contribution in [2.24, 2.45) is 0 Å². The number of nitrogens with zero attached hydrogens (tertiary/aromatic N) is 1. The normalized spacial score (nSPS) is 11.5. The summed E-state index contributed by atoms with van der Waals surface area (Å²) in [6.45, 7) is 8.58. The summed E-state index contributed by atoms with van der Waals surface area (Å²) in [7, 11) is 2.08. The molecule has 0 spiro atoms. The van der Waals surface area contributed by atoms with E-state index in [0.29, 0.717) is 0 Å². The van der Waals surface area contributed by atoms with Crippen LogP contribution in [0, 0.1) is 0 Å². The third-order valence-corrected chi connectivity index (χ3v) is 1.67. The minimum absolute atomic E-state index is 0.220. The van der Waals surface area contributed by atoms with E-state index in [4.69, 9.17) is 0 Å². The van der Waals surface area contributed by atoms with Crippen molar-refractivity contribution < 1.29 is 20.4 Å². The Balaban J connectivity index is 0. The predicted molar refractivity (Wildman–Crippen MR) is 57.3 cm³/mol. The molecule has 0 saturated carbocycles. The van der Waals surface area contributed by atoms with E-state index in [-0.39, 0.29) is 5.54 Å². The first-order valence-electron chi connectivity index (χ1n) is 4.51. The average Bonchev–Trinajstić information content (AvgIpc) is 2.07. The van der Waals surface area contributed by atoms with Crippen LogP contribution in [-0.2, 0) is 20.4 Å². The molecule has 75 valence electrons. The van der Waals surface area contributed by atoms with Crippen molar-refractivity contribution in [3.05, 3.63) is 24.4 Å². The molecule has 0 aromatic carbocycles. The van der Waals surface area contributed by atoms with E-state index in [1.165, 1.54) is 0 Å². The molecule has 0 fully saturated rings. The average molecular weight is 216 g/mol. The van der Waals surface area contributed by atoms with Crippen LogP contribution in [0.4, 0.5) is 0 Å². The van der Waals surface area contributed by atoms with Gasteiger partial charge >= 0.3 is 25.7 Å². The predicted octanol–water partition coefficient (Wildman–Crippen LogP) is 3.39. The molecule has 0 aliphatic heterocycles. The van der Waals surface area contributed by atoms with Crippen molar-refractivity contribution >= 4 is 0 Å². The molecule has 0 atom stereocenters. The summed E-state index contributed by atoms with van der Waals surface area (Å²) in [6, 6.07) is 0. The fourth-order valence-corrected chi connectivity index (χ4v) is 0.514. The van der Waals surface area contributed by atoms with E-state index >= 15 is 0 Å². The van der Waals surface area contributed by atoms with E-state index in [1.54, 1.807) is 0 Å². The molecule has 0 N–H and O–H groups in total. The first-order valence-corrected chi connectivity index (χ1v) is 6.07. The van der Waals surface area contributed by atoms with Gasteiger partial charge in [0.05, 0.1) is 0 Å². The van der Waals surface area contributed by atoms with Crippen LogP contribution in [0.5, 0.6) is 0 Å². The fourth-order valence-electron chi connectivity index (χ4n) is 0.514. The number of hydrogen-bond donors (Lipinski definition) is 0. The SMILES string of the molecule is CC=CC=CN(C)C(C)(C)C.[CH3][Ti]. The van der Waals surface area contributed by atoms with Crippen LogP contribution in [0.25, 0.3) is 0 Å². The maximum atomic E-state index is 2.19.